The molecule has 0 amide bonds. The molecule has 0 saturated carbocycles. The van der Waals surface area contributed by atoms with Crippen molar-refractivity contribution in [2.75, 3.05) is 45.7 Å². The molecule has 1 aromatic carbocycles. The number of guanidine groups is 1. The zero-order chi connectivity index (χ0) is 19.8. The van der Waals surface area contributed by atoms with Crippen LogP contribution in [0, 0.1) is 0 Å². The van der Waals surface area contributed by atoms with Gasteiger partial charge >= 0.3 is 0 Å². The summed E-state index contributed by atoms with van der Waals surface area (Å²) in [5, 5.41) is 6.74. The Bertz CT molecular complexity index is 761. The summed E-state index contributed by atoms with van der Waals surface area (Å²) in [6.07, 6.45) is 4.20. The maximum atomic E-state index is 5.69. The van der Waals surface area contributed by atoms with Gasteiger partial charge in [0.1, 0.15) is 5.76 Å². The molecule has 2 heterocycles. The highest BCUT2D eigenvalue weighted by Crippen LogP contribution is 2.30. The van der Waals surface area contributed by atoms with E-state index in [-0.39, 0.29) is 30.0 Å². The van der Waals surface area contributed by atoms with Crippen molar-refractivity contribution in [3.05, 3.63) is 42.4 Å². The summed E-state index contributed by atoms with van der Waals surface area (Å²) in [7, 11) is 3.40. The lowest BCUT2D eigenvalue weighted by Gasteiger charge is -2.26. The van der Waals surface area contributed by atoms with E-state index in [1.54, 1.807) is 20.4 Å². The third-order valence-electron chi connectivity index (χ3n) is 4.87. The van der Waals surface area contributed by atoms with Gasteiger partial charge in [0.25, 0.3) is 0 Å². The Morgan fingerprint density at radius 1 is 1.24 bits per heavy atom. The number of benzene rings is 1. The van der Waals surface area contributed by atoms with E-state index in [1.807, 2.05) is 37.3 Å². The van der Waals surface area contributed by atoms with Crippen LogP contribution in [0.2, 0.25) is 0 Å². The minimum atomic E-state index is 0. The van der Waals surface area contributed by atoms with Crippen molar-refractivity contribution in [3.8, 4) is 11.5 Å². The Labute approximate surface area is 189 Å². The first-order chi connectivity index (χ1) is 13.7. The smallest absolute Gasteiger partial charge is 0.195 e. The van der Waals surface area contributed by atoms with E-state index in [1.165, 1.54) is 12.8 Å². The molecule has 7 nitrogen and oxygen atoms in total. The number of anilines is 1. The molecular formula is C21H31IN4O3. The zero-order valence-electron chi connectivity index (χ0n) is 17.3. The average molecular weight is 514 g/mol. The van der Waals surface area contributed by atoms with Crippen LogP contribution in [0.3, 0.4) is 0 Å². The largest absolute Gasteiger partial charge is 0.493 e. The van der Waals surface area contributed by atoms with Crippen LogP contribution in [0.15, 0.2) is 46.0 Å². The molecule has 1 aromatic heterocycles. The Morgan fingerprint density at radius 3 is 2.66 bits per heavy atom. The van der Waals surface area contributed by atoms with Gasteiger partial charge in [-0.25, -0.2) is 0 Å². The maximum absolute atomic E-state index is 5.69. The van der Waals surface area contributed by atoms with Gasteiger partial charge in [-0.3, -0.25) is 9.89 Å². The van der Waals surface area contributed by atoms with Gasteiger partial charge in [-0.2, -0.15) is 0 Å². The zero-order valence-corrected chi connectivity index (χ0v) is 19.6. The second-order valence-corrected chi connectivity index (χ2v) is 6.65. The van der Waals surface area contributed by atoms with Crippen molar-refractivity contribution in [2.45, 2.75) is 25.8 Å². The van der Waals surface area contributed by atoms with Gasteiger partial charge in [0.2, 0.25) is 0 Å². The molecule has 160 valence electrons. The van der Waals surface area contributed by atoms with Crippen LogP contribution in [0.1, 0.15) is 31.6 Å². The number of halogens is 1. The Kier molecular flexibility index (Phi) is 9.59. The first kappa shape index (κ1) is 23.3. The lowest BCUT2D eigenvalue weighted by atomic mass is 10.2. The predicted molar refractivity (Wildman–Crippen MR) is 127 cm³/mol. The number of nitrogens with one attached hydrogen (secondary N) is 2. The number of ether oxygens (including phenoxy) is 2. The van der Waals surface area contributed by atoms with Gasteiger partial charge in [-0.05, 0) is 57.1 Å². The van der Waals surface area contributed by atoms with Crippen molar-refractivity contribution in [3.63, 3.8) is 0 Å². The number of methoxy groups -OCH3 is 1. The Morgan fingerprint density at radius 2 is 2.03 bits per heavy atom. The molecule has 0 spiro atoms. The summed E-state index contributed by atoms with van der Waals surface area (Å²) >= 11 is 0. The molecule has 2 aromatic rings. The van der Waals surface area contributed by atoms with E-state index >= 15 is 0 Å². The summed E-state index contributed by atoms with van der Waals surface area (Å²) in [6, 6.07) is 9.92. The van der Waals surface area contributed by atoms with E-state index < -0.39 is 0 Å². The summed E-state index contributed by atoms with van der Waals surface area (Å²) in [6.45, 7) is 5.44. The molecule has 8 heteroatoms. The molecule has 1 unspecified atom stereocenters. The monoisotopic (exact) mass is 514 g/mol. The first-order valence-corrected chi connectivity index (χ1v) is 9.81. The van der Waals surface area contributed by atoms with E-state index in [4.69, 9.17) is 13.9 Å². The molecular weight excluding hydrogens is 483 g/mol. The summed E-state index contributed by atoms with van der Waals surface area (Å²) in [4.78, 5) is 6.81. The fraction of sp³-hybridized carbons (Fsp3) is 0.476. The highest BCUT2D eigenvalue weighted by atomic mass is 127. The molecule has 29 heavy (non-hydrogen) atoms. The van der Waals surface area contributed by atoms with Gasteiger partial charge in [-0.1, -0.05) is 0 Å². The maximum Gasteiger partial charge on any atom is 0.195 e. The minimum absolute atomic E-state index is 0. The number of likely N-dealkylation sites (tertiary alicyclic amines) is 1. The predicted octanol–water partition coefficient (Wildman–Crippen LogP) is 4.13. The second kappa shape index (κ2) is 11.9. The van der Waals surface area contributed by atoms with Crippen molar-refractivity contribution in [2.24, 2.45) is 4.99 Å². The van der Waals surface area contributed by atoms with Crippen LogP contribution >= 0.6 is 24.0 Å². The van der Waals surface area contributed by atoms with Gasteiger partial charge in [0.15, 0.2) is 17.5 Å². The standard InChI is InChI=1S/C21H30N4O3.HI/c1-4-27-19-10-9-16(14-20(19)26-3)24-21(22-2)23-15-17(18-8-7-13-28-18)25-11-5-6-12-25;/h7-10,13-14,17H,4-6,11-12,15H2,1-3H3,(H2,22,23,24);1H. The molecule has 1 aliphatic heterocycles. The normalized spacial score (nSPS) is 15.5. The first-order valence-electron chi connectivity index (χ1n) is 9.81. The summed E-state index contributed by atoms with van der Waals surface area (Å²) < 4.78 is 16.7. The topological polar surface area (TPSA) is 71.3 Å². The molecule has 1 atom stereocenters. The number of furan rings is 1. The highest BCUT2D eigenvalue weighted by molar-refractivity contribution is 14.0. The third-order valence-corrected chi connectivity index (χ3v) is 4.87. The van der Waals surface area contributed by atoms with Gasteiger partial charge < -0.3 is 24.5 Å². The second-order valence-electron chi connectivity index (χ2n) is 6.65. The fourth-order valence-corrected chi connectivity index (χ4v) is 3.47. The van der Waals surface area contributed by atoms with E-state index in [0.717, 1.165) is 30.3 Å². The molecule has 3 rings (SSSR count). The lowest BCUT2D eigenvalue weighted by molar-refractivity contribution is 0.216. The number of hydrogen-bond donors (Lipinski definition) is 2. The van der Waals surface area contributed by atoms with Gasteiger partial charge in [0.05, 0.1) is 26.0 Å². The third kappa shape index (κ3) is 6.27. The molecule has 0 bridgehead atoms. The van der Waals surface area contributed by atoms with E-state index in [2.05, 4.69) is 20.5 Å². The summed E-state index contributed by atoms with van der Waals surface area (Å²) in [5.74, 6) is 3.09. The van der Waals surface area contributed by atoms with Gasteiger partial charge in [-0.15, -0.1) is 24.0 Å². The number of nitrogens with zero attached hydrogens (tertiary/aromatic N) is 2. The van der Waals surface area contributed by atoms with Crippen LogP contribution in [0.5, 0.6) is 11.5 Å². The number of hydrogen-bond acceptors (Lipinski definition) is 5. The highest BCUT2D eigenvalue weighted by Gasteiger charge is 2.25. The molecule has 1 fully saturated rings. The van der Waals surface area contributed by atoms with Crippen molar-refractivity contribution >= 4 is 35.6 Å². The van der Waals surface area contributed by atoms with Crippen LogP contribution in [-0.4, -0.2) is 51.3 Å². The quantitative estimate of drug-likeness (QED) is 0.314. The van der Waals surface area contributed by atoms with E-state index in [9.17, 15) is 0 Å². The number of aliphatic imine (C=N–C) groups is 1. The fourth-order valence-electron chi connectivity index (χ4n) is 3.47. The SMILES string of the molecule is CCOc1ccc(NC(=NC)NCC(c2ccco2)N2CCCC2)cc1OC.I. The molecule has 1 aliphatic rings. The van der Waals surface area contributed by atoms with Gasteiger partial charge in [0, 0.05) is 25.3 Å². The van der Waals surface area contributed by atoms with Crippen LogP contribution in [-0.2, 0) is 0 Å². The van der Waals surface area contributed by atoms with Crippen LogP contribution in [0.4, 0.5) is 5.69 Å². The Hall–Kier alpha value is -1.94. The lowest BCUT2D eigenvalue weighted by Crippen LogP contribution is -2.39. The minimum Gasteiger partial charge on any atom is -0.493 e. The molecule has 0 radical (unpaired) electrons. The van der Waals surface area contributed by atoms with Crippen LogP contribution in [0.25, 0.3) is 0 Å². The van der Waals surface area contributed by atoms with Crippen molar-refractivity contribution in [1.29, 1.82) is 0 Å². The molecule has 1 saturated heterocycles. The van der Waals surface area contributed by atoms with E-state index in [0.29, 0.717) is 24.9 Å². The molecule has 0 aliphatic carbocycles. The number of rotatable bonds is 8. The molecule has 2 N–H and O–H groups in total. The Balaban J connectivity index is 0.00000300. The summed E-state index contributed by atoms with van der Waals surface area (Å²) in [5.41, 5.74) is 0.879. The van der Waals surface area contributed by atoms with Crippen LogP contribution < -0.4 is 20.1 Å². The average Bonchev–Trinajstić information content (AvgIpc) is 3.43. The van der Waals surface area contributed by atoms with Crippen molar-refractivity contribution < 1.29 is 13.9 Å². The van der Waals surface area contributed by atoms with Crippen molar-refractivity contribution in [1.82, 2.24) is 10.2 Å².